The Hall–Kier alpha value is -1.65. The number of rotatable bonds is 9. The number of aliphatic hydroxyl groups excluding tert-OH is 1. The van der Waals surface area contributed by atoms with Crippen molar-refractivity contribution >= 4 is 17.3 Å². The summed E-state index contributed by atoms with van der Waals surface area (Å²) in [5, 5.41) is 18.7. The van der Waals surface area contributed by atoms with E-state index in [-0.39, 0.29) is 6.10 Å². The SMILES string of the molecule is CC.CCCCCC(O)c1ccc(C2CCC(C)C2)cc1.CCCc1ccc(C(=O)O)s1. The lowest BCUT2D eigenvalue weighted by atomic mass is 9.94. The Morgan fingerprint density at radius 2 is 1.72 bits per heavy atom. The van der Waals surface area contributed by atoms with Crippen molar-refractivity contribution in [2.75, 3.05) is 0 Å². The van der Waals surface area contributed by atoms with E-state index >= 15 is 0 Å². The highest BCUT2D eigenvalue weighted by molar-refractivity contribution is 7.13. The van der Waals surface area contributed by atoms with Gasteiger partial charge in [-0.1, -0.05) is 91.0 Å². The highest BCUT2D eigenvalue weighted by Gasteiger charge is 2.22. The average Bonchev–Trinajstić information content (AvgIpc) is 3.45. The molecular formula is C28H44O3S. The molecule has 3 unspecified atom stereocenters. The molecule has 1 heterocycles. The van der Waals surface area contributed by atoms with Crippen LogP contribution in [-0.2, 0) is 6.42 Å². The van der Waals surface area contributed by atoms with Crippen LogP contribution < -0.4 is 0 Å². The van der Waals surface area contributed by atoms with Gasteiger partial charge in [-0.25, -0.2) is 4.79 Å². The second kappa shape index (κ2) is 16.0. The molecule has 0 spiro atoms. The maximum Gasteiger partial charge on any atom is 0.345 e. The Labute approximate surface area is 199 Å². The minimum absolute atomic E-state index is 0.275. The van der Waals surface area contributed by atoms with Gasteiger partial charge in [0.2, 0.25) is 0 Å². The first-order valence-electron chi connectivity index (χ1n) is 12.5. The zero-order valence-corrected chi connectivity index (χ0v) is 21.6. The van der Waals surface area contributed by atoms with Crippen LogP contribution in [0.3, 0.4) is 0 Å². The fourth-order valence-corrected chi connectivity index (χ4v) is 5.08. The summed E-state index contributed by atoms with van der Waals surface area (Å²) in [6, 6.07) is 12.3. The van der Waals surface area contributed by atoms with Gasteiger partial charge in [0.15, 0.2) is 0 Å². The standard InChI is InChI=1S/C18H28O.C8H10O2S.C2H6/c1-3-4-5-6-18(19)16-11-9-15(10-12-16)17-8-7-14(2)13-17;1-2-3-6-4-5-7(11-6)8(9)10;1-2/h9-12,14,17-19H,3-8,13H2,1-2H3;4-5H,2-3H2,1H3,(H,9,10);1-2H3. The van der Waals surface area contributed by atoms with Crippen molar-refractivity contribution in [3.8, 4) is 0 Å². The summed E-state index contributed by atoms with van der Waals surface area (Å²) in [4.78, 5) is 12.0. The molecule has 4 heteroatoms. The molecule has 32 heavy (non-hydrogen) atoms. The van der Waals surface area contributed by atoms with Gasteiger partial charge in [-0.2, -0.15) is 0 Å². The number of hydrogen-bond acceptors (Lipinski definition) is 3. The van der Waals surface area contributed by atoms with Crippen molar-refractivity contribution in [1.29, 1.82) is 0 Å². The summed E-state index contributed by atoms with van der Waals surface area (Å²) in [5.74, 6) is 0.808. The summed E-state index contributed by atoms with van der Waals surface area (Å²) in [5.41, 5.74) is 2.56. The van der Waals surface area contributed by atoms with Gasteiger partial charge >= 0.3 is 5.97 Å². The van der Waals surface area contributed by atoms with Crippen LogP contribution in [0.15, 0.2) is 36.4 Å². The minimum Gasteiger partial charge on any atom is -0.477 e. The third-order valence-corrected chi connectivity index (χ3v) is 7.07. The Morgan fingerprint density at radius 1 is 1.03 bits per heavy atom. The van der Waals surface area contributed by atoms with Crippen molar-refractivity contribution in [1.82, 2.24) is 0 Å². The number of carboxylic acid groups (broad SMARTS) is 1. The molecule has 3 rings (SSSR count). The van der Waals surface area contributed by atoms with Gasteiger partial charge in [0, 0.05) is 4.88 Å². The van der Waals surface area contributed by atoms with Crippen LogP contribution in [0.1, 0.15) is 124 Å². The number of thiophene rings is 1. The van der Waals surface area contributed by atoms with Crippen molar-refractivity contribution in [2.45, 2.75) is 104 Å². The van der Waals surface area contributed by atoms with Crippen LogP contribution in [0.5, 0.6) is 0 Å². The van der Waals surface area contributed by atoms with Gasteiger partial charge < -0.3 is 10.2 Å². The number of carboxylic acids is 1. The Bertz CT molecular complexity index is 750. The number of aryl methyl sites for hydroxylation is 1. The summed E-state index contributed by atoms with van der Waals surface area (Å²) in [6.07, 6.45) is 10.3. The first-order chi connectivity index (χ1) is 15.4. The summed E-state index contributed by atoms with van der Waals surface area (Å²) in [6.45, 7) is 10.6. The van der Waals surface area contributed by atoms with Crippen molar-refractivity contribution in [2.24, 2.45) is 5.92 Å². The van der Waals surface area contributed by atoms with Gasteiger partial charge in [-0.15, -0.1) is 11.3 Å². The Balaban J connectivity index is 0.000000335. The third kappa shape index (κ3) is 9.87. The first kappa shape index (κ1) is 28.4. The molecule has 180 valence electrons. The monoisotopic (exact) mass is 460 g/mol. The quantitative estimate of drug-likeness (QED) is 0.368. The second-order valence-electron chi connectivity index (χ2n) is 8.61. The molecule has 1 saturated carbocycles. The molecule has 2 aromatic rings. The molecule has 1 aromatic heterocycles. The van der Waals surface area contributed by atoms with Gasteiger partial charge in [0.05, 0.1) is 6.10 Å². The lowest BCUT2D eigenvalue weighted by Gasteiger charge is -2.14. The fourth-order valence-electron chi connectivity index (χ4n) is 4.13. The van der Waals surface area contributed by atoms with E-state index in [2.05, 4.69) is 45.0 Å². The predicted molar refractivity (Wildman–Crippen MR) is 138 cm³/mol. The third-order valence-electron chi connectivity index (χ3n) is 5.94. The Morgan fingerprint density at radius 3 is 2.22 bits per heavy atom. The largest absolute Gasteiger partial charge is 0.477 e. The molecule has 0 amide bonds. The number of carbonyl (C=O) groups is 1. The van der Waals surface area contributed by atoms with E-state index in [1.165, 1.54) is 49.0 Å². The molecule has 1 fully saturated rings. The highest BCUT2D eigenvalue weighted by atomic mass is 32.1. The zero-order chi connectivity index (χ0) is 23.9. The van der Waals surface area contributed by atoms with Crippen LogP contribution in [0.2, 0.25) is 0 Å². The average molecular weight is 461 g/mol. The molecule has 0 radical (unpaired) electrons. The van der Waals surface area contributed by atoms with Crippen LogP contribution in [0.4, 0.5) is 0 Å². The lowest BCUT2D eigenvalue weighted by Crippen LogP contribution is -1.99. The first-order valence-corrected chi connectivity index (χ1v) is 13.4. The predicted octanol–water partition coefficient (Wildman–Crippen LogP) is 8.63. The van der Waals surface area contributed by atoms with E-state index in [0.717, 1.165) is 48.0 Å². The summed E-state index contributed by atoms with van der Waals surface area (Å²) in [7, 11) is 0. The maximum absolute atomic E-state index is 10.4. The lowest BCUT2D eigenvalue weighted by molar-refractivity contribution is 0.0702. The molecule has 3 nitrogen and oxygen atoms in total. The fraction of sp³-hybridized carbons (Fsp3) is 0.607. The zero-order valence-electron chi connectivity index (χ0n) is 20.8. The molecule has 0 aliphatic heterocycles. The van der Waals surface area contributed by atoms with Crippen molar-refractivity contribution in [3.05, 3.63) is 57.3 Å². The van der Waals surface area contributed by atoms with Crippen LogP contribution in [-0.4, -0.2) is 16.2 Å². The van der Waals surface area contributed by atoms with E-state index < -0.39 is 5.97 Å². The second-order valence-corrected chi connectivity index (χ2v) is 9.78. The summed E-state index contributed by atoms with van der Waals surface area (Å²) >= 11 is 1.37. The molecule has 0 bridgehead atoms. The van der Waals surface area contributed by atoms with Crippen molar-refractivity contribution in [3.63, 3.8) is 0 Å². The molecule has 2 N–H and O–H groups in total. The van der Waals surface area contributed by atoms with E-state index in [1.54, 1.807) is 6.07 Å². The molecule has 1 aromatic carbocycles. The smallest absolute Gasteiger partial charge is 0.345 e. The molecule has 0 saturated heterocycles. The number of aliphatic hydroxyl groups is 1. The van der Waals surface area contributed by atoms with E-state index in [4.69, 9.17) is 5.11 Å². The maximum atomic E-state index is 10.4. The molecular weight excluding hydrogens is 416 g/mol. The number of unbranched alkanes of at least 4 members (excludes halogenated alkanes) is 2. The number of benzene rings is 1. The topological polar surface area (TPSA) is 57.5 Å². The molecule has 1 aliphatic rings. The van der Waals surface area contributed by atoms with Crippen LogP contribution in [0.25, 0.3) is 0 Å². The van der Waals surface area contributed by atoms with E-state index in [1.807, 2.05) is 19.9 Å². The number of hydrogen-bond donors (Lipinski definition) is 2. The number of aromatic carboxylic acids is 1. The van der Waals surface area contributed by atoms with Gasteiger partial charge in [0.1, 0.15) is 4.88 Å². The van der Waals surface area contributed by atoms with Gasteiger partial charge in [-0.05, 0) is 60.8 Å². The minimum atomic E-state index is -0.822. The normalized spacial score (nSPS) is 18.2. The van der Waals surface area contributed by atoms with E-state index in [9.17, 15) is 9.90 Å². The van der Waals surface area contributed by atoms with Gasteiger partial charge in [0.25, 0.3) is 0 Å². The molecule has 3 atom stereocenters. The van der Waals surface area contributed by atoms with Crippen molar-refractivity contribution < 1.29 is 15.0 Å². The summed E-state index contributed by atoms with van der Waals surface area (Å²) < 4.78 is 0. The van der Waals surface area contributed by atoms with Crippen LogP contribution >= 0.6 is 11.3 Å². The Kier molecular flexibility index (Phi) is 14.2. The van der Waals surface area contributed by atoms with E-state index in [0.29, 0.717) is 4.88 Å². The highest BCUT2D eigenvalue weighted by Crippen LogP contribution is 2.38. The van der Waals surface area contributed by atoms with Crippen LogP contribution in [0, 0.1) is 5.92 Å². The van der Waals surface area contributed by atoms with Gasteiger partial charge in [-0.3, -0.25) is 0 Å². The molecule has 1 aliphatic carbocycles.